The van der Waals surface area contributed by atoms with E-state index in [1.54, 1.807) is 42.5 Å². The lowest BCUT2D eigenvalue weighted by Gasteiger charge is -2.15. The molecule has 126 valence electrons. The average Bonchev–Trinajstić information content (AvgIpc) is 2.55. The van der Waals surface area contributed by atoms with Crippen LogP contribution in [0.5, 0.6) is 5.75 Å². The third kappa shape index (κ3) is 4.49. The second kappa shape index (κ2) is 8.17. The molecule has 0 fully saturated rings. The van der Waals surface area contributed by atoms with Crippen molar-refractivity contribution in [3.05, 3.63) is 57.5 Å². The molecule has 0 bridgehead atoms. The Balaban J connectivity index is 2.06. The summed E-state index contributed by atoms with van der Waals surface area (Å²) in [5, 5.41) is 3.08. The van der Waals surface area contributed by atoms with Gasteiger partial charge in [0.1, 0.15) is 5.75 Å². The topological polar surface area (TPSA) is 64.6 Å². The summed E-state index contributed by atoms with van der Waals surface area (Å²) in [6.07, 6.45) is -0.992. The van der Waals surface area contributed by atoms with E-state index in [4.69, 9.17) is 21.1 Å². The van der Waals surface area contributed by atoms with Gasteiger partial charge in [0.15, 0.2) is 6.10 Å². The summed E-state index contributed by atoms with van der Waals surface area (Å²) in [5.74, 6) is -0.628. The van der Waals surface area contributed by atoms with E-state index >= 15 is 0 Å². The Morgan fingerprint density at radius 2 is 1.92 bits per heavy atom. The first kappa shape index (κ1) is 18.3. The van der Waals surface area contributed by atoms with E-state index in [9.17, 15) is 9.59 Å². The molecule has 0 aromatic heterocycles. The number of carbonyl (C=O) groups excluding carboxylic acids is 2. The fraction of sp³-hybridized carbons (Fsp3) is 0.176. The number of rotatable bonds is 5. The van der Waals surface area contributed by atoms with Crippen LogP contribution >= 0.6 is 27.5 Å². The van der Waals surface area contributed by atoms with Crippen LogP contribution in [0, 0.1) is 0 Å². The van der Waals surface area contributed by atoms with Gasteiger partial charge in [-0.05, 0) is 53.2 Å². The van der Waals surface area contributed by atoms with Gasteiger partial charge in [-0.1, -0.05) is 23.7 Å². The number of halogens is 2. The Hall–Kier alpha value is -2.05. The summed E-state index contributed by atoms with van der Waals surface area (Å²) in [6.45, 7) is 1.49. The molecule has 1 unspecified atom stereocenters. The lowest BCUT2D eigenvalue weighted by Crippen LogP contribution is -2.30. The monoisotopic (exact) mass is 411 g/mol. The first-order chi connectivity index (χ1) is 11.4. The van der Waals surface area contributed by atoms with Gasteiger partial charge >= 0.3 is 5.97 Å². The molecule has 0 heterocycles. The van der Waals surface area contributed by atoms with Crippen LogP contribution < -0.4 is 10.1 Å². The van der Waals surface area contributed by atoms with E-state index in [0.29, 0.717) is 26.5 Å². The molecule has 1 N–H and O–H groups in total. The van der Waals surface area contributed by atoms with Crippen LogP contribution in [-0.2, 0) is 9.53 Å². The van der Waals surface area contributed by atoms with Crippen LogP contribution in [-0.4, -0.2) is 25.1 Å². The van der Waals surface area contributed by atoms with E-state index in [1.165, 1.54) is 14.0 Å². The highest BCUT2D eigenvalue weighted by Gasteiger charge is 2.21. The molecule has 0 saturated heterocycles. The fourth-order valence-corrected chi connectivity index (χ4v) is 2.54. The molecule has 0 aliphatic heterocycles. The van der Waals surface area contributed by atoms with Crippen molar-refractivity contribution in [1.82, 2.24) is 0 Å². The second-order valence-corrected chi connectivity index (χ2v) is 6.15. The van der Waals surface area contributed by atoms with Crippen LogP contribution in [0.1, 0.15) is 17.3 Å². The Kier molecular flexibility index (Phi) is 6.23. The number of esters is 1. The molecule has 0 spiro atoms. The van der Waals surface area contributed by atoms with E-state index in [2.05, 4.69) is 21.2 Å². The van der Waals surface area contributed by atoms with E-state index in [-0.39, 0.29) is 0 Å². The van der Waals surface area contributed by atoms with Crippen molar-refractivity contribution in [2.45, 2.75) is 13.0 Å². The molecule has 2 aromatic carbocycles. The van der Waals surface area contributed by atoms with Crippen LogP contribution in [0.15, 0.2) is 46.9 Å². The summed E-state index contributed by atoms with van der Waals surface area (Å²) in [6, 6.07) is 11.7. The van der Waals surface area contributed by atoms with Crippen LogP contribution in [0.25, 0.3) is 0 Å². The van der Waals surface area contributed by atoms with Gasteiger partial charge in [0.2, 0.25) is 0 Å². The van der Waals surface area contributed by atoms with Gasteiger partial charge in [-0.3, -0.25) is 4.79 Å². The van der Waals surface area contributed by atoms with Crippen molar-refractivity contribution < 1.29 is 19.1 Å². The van der Waals surface area contributed by atoms with Gasteiger partial charge in [-0.15, -0.1) is 0 Å². The number of hydrogen-bond acceptors (Lipinski definition) is 4. The van der Waals surface area contributed by atoms with Crippen molar-refractivity contribution >= 4 is 45.1 Å². The quantitative estimate of drug-likeness (QED) is 0.744. The van der Waals surface area contributed by atoms with Crippen molar-refractivity contribution in [2.24, 2.45) is 0 Å². The maximum absolute atomic E-state index is 12.2. The minimum atomic E-state index is -0.992. The van der Waals surface area contributed by atoms with Gasteiger partial charge < -0.3 is 14.8 Å². The van der Waals surface area contributed by atoms with Gasteiger partial charge in [0.25, 0.3) is 5.91 Å². The second-order valence-electron chi connectivity index (χ2n) is 4.86. The number of hydrogen-bond donors (Lipinski definition) is 1. The van der Waals surface area contributed by atoms with E-state index in [0.717, 1.165) is 0 Å². The summed E-state index contributed by atoms with van der Waals surface area (Å²) < 4.78 is 11.0. The highest BCUT2D eigenvalue weighted by molar-refractivity contribution is 9.10. The Morgan fingerprint density at radius 1 is 1.21 bits per heavy atom. The summed E-state index contributed by atoms with van der Waals surface area (Å²) in [5.41, 5.74) is 0.747. The smallest absolute Gasteiger partial charge is 0.340 e. The normalized spacial score (nSPS) is 11.5. The molecule has 0 radical (unpaired) electrons. The SMILES string of the molecule is COc1ccc(Cl)cc1NC(=O)C(C)OC(=O)c1ccccc1Br. The highest BCUT2D eigenvalue weighted by atomic mass is 79.9. The predicted octanol–water partition coefficient (Wildman–Crippen LogP) is 4.30. The molecule has 0 aliphatic rings. The number of carbonyl (C=O) groups is 2. The number of ether oxygens (including phenoxy) is 2. The molecule has 1 atom stereocenters. The minimum Gasteiger partial charge on any atom is -0.495 e. The first-order valence-electron chi connectivity index (χ1n) is 7.02. The van der Waals surface area contributed by atoms with Crippen molar-refractivity contribution in [3.8, 4) is 5.75 Å². The highest BCUT2D eigenvalue weighted by Crippen LogP contribution is 2.28. The molecule has 2 aromatic rings. The first-order valence-corrected chi connectivity index (χ1v) is 8.19. The predicted molar refractivity (Wildman–Crippen MR) is 95.7 cm³/mol. The summed E-state index contributed by atoms with van der Waals surface area (Å²) in [7, 11) is 1.48. The van der Waals surface area contributed by atoms with Crippen molar-refractivity contribution in [3.63, 3.8) is 0 Å². The van der Waals surface area contributed by atoms with Crippen molar-refractivity contribution in [2.75, 3.05) is 12.4 Å². The molecule has 7 heteroatoms. The van der Waals surface area contributed by atoms with E-state index < -0.39 is 18.0 Å². The molecular formula is C17H15BrClNO4. The number of methoxy groups -OCH3 is 1. The van der Waals surface area contributed by atoms with Gasteiger partial charge in [-0.2, -0.15) is 0 Å². The fourth-order valence-electron chi connectivity index (χ4n) is 1.92. The van der Waals surface area contributed by atoms with Gasteiger partial charge in [0.05, 0.1) is 18.4 Å². The zero-order valence-electron chi connectivity index (χ0n) is 13.0. The molecule has 0 saturated carbocycles. The molecule has 2 rings (SSSR count). The Morgan fingerprint density at radius 3 is 2.58 bits per heavy atom. The third-order valence-electron chi connectivity index (χ3n) is 3.17. The van der Waals surface area contributed by atoms with Gasteiger partial charge in [-0.25, -0.2) is 4.79 Å². The lowest BCUT2D eigenvalue weighted by molar-refractivity contribution is -0.123. The van der Waals surface area contributed by atoms with Crippen molar-refractivity contribution in [1.29, 1.82) is 0 Å². The Labute approximate surface area is 153 Å². The molecular weight excluding hydrogens is 398 g/mol. The third-order valence-corrected chi connectivity index (χ3v) is 4.09. The lowest BCUT2D eigenvalue weighted by atomic mass is 10.2. The largest absolute Gasteiger partial charge is 0.495 e. The molecule has 1 amide bonds. The molecule has 24 heavy (non-hydrogen) atoms. The van der Waals surface area contributed by atoms with Crippen LogP contribution in [0.3, 0.4) is 0 Å². The van der Waals surface area contributed by atoms with Crippen LogP contribution in [0.2, 0.25) is 5.02 Å². The average molecular weight is 413 g/mol. The molecule has 0 aliphatic carbocycles. The maximum atomic E-state index is 12.2. The standard InChI is InChI=1S/C17H15BrClNO4/c1-10(24-17(22)12-5-3-4-6-13(12)18)16(21)20-14-9-11(19)7-8-15(14)23-2/h3-10H,1-2H3,(H,20,21). The summed E-state index contributed by atoms with van der Waals surface area (Å²) >= 11 is 9.19. The zero-order valence-corrected chi connectivity index (χ0v) is 15.3. The number of amides is 1. The van der Waals surface area contributed by atoms with Crippen LogP contribution in [0.4, 0.5) is 5.69 Å². The zero-order chi connectivity index (χ0) is 17.7. The maximum Gasteiger partial charge on any atom is 0.340 e. The molecule has 5 nitrogen and oxygen atoms in total. The Bertz CT molecular complexity index is 766. The summed E-state index contributed by atoms with van der Waals surface area (Å²) in [4.78, 5) is 24.4. The minimum absolute atomic E-state index is 0.345. The van der Waals surface area contributed by atoms with Gasteiger partial charge in [0, 0.05) is 9.50 Å². The number of anilines is 1. The number of nitrogens with one attached hydrogen (secondary N) is 1. The van der Waals surface area contributed by atoms with E-state index in [1.807, 2.05) is 0 Å². The number of benzene rings is 2.